The van der Waals surface area contributed by atoms with Crippen LogP contribution in [0.15, 0.2) is 6.07 Å². The Labute approximate surface area is 104 Å². The molecule has 2 rings (SSSR count). The topological polar surface area (TPSA) is 72.2 Å². The summed E-state index contributed by atoms with van der Waals surface area (Å²) in [6.07, 6.45) is 1.02. The molecule has 1 unspecified atom stereocenters. The monoisotopic (exact) mass is 250 g/mol. The average molecular weight is 250 g/mol. The van der Waals surface area contributed by atoms with E-state index >= 15 is 0 Å². The van der Waals surface area contributed by atoms with Gasteiger partial charge in [-0.05, 0) is 37.0 Å². The molecule has 18 heavy (non-hydrogen) atoms. The van der Waals surface area contributed by atoms with E-state index in [9.17, 15) is 14.0 Å². The standard InChI is InChI=1S/C13H15FN2O2/c1-6-8-3-4-11(16-7(2)17)13(18)12(8)10(15)5-9(6)14/h5,11H,3-4,15H2,1-2H3,(H,16,17). The summed E-state index contributed by atoms with van der Waals surface area (Å²) in [6.45, 7) is 3.00. The smallest absolute Gasteiger partial charge is 0.217 e. The Hall–Kier alpha value is -1.91. The van der Waals surface area contributed by atoms with Gasteiger partial charge in [-0.2, -0.15) is 0 Å². The number of nitrogen functional groups attached to an aromatic ring is 1. The first-order valence-electron chi connectivity index (χ1n) is 5.80. The van der Waals surface area contributed by atoms with Gasteiger partial charge in [-0.1, -0.05) is 0 Å². The van der Waals surface area contributed by atoms with Crippen LogP contribution in [0.1, 0.15) is 34.8 Å². The van der Waals surface area contributed by atoms with Gasteiger partial charge in [-0.15, -0.1) is 0 Å². The molecule has 0 saturated carbocycles. The van der Waals surface area contributed by atoms with E-state index in [-0.39, 0.29) is 17.4 Å². The summed E-state index contributed by atoms with van der Waals surface area (Å²) in [7, 11) is 0. The molecule has 1 aliphatic carbocycles. The Morgan fingerprint density at radius 3 is 2.83 bits per heavy atom. The van der Waals surface area contributed by atoms with Crippen molar-refractivity contribution in [3.8, 4) is 0 Å². The third kappa shape index (κ3) is 1.96. The summed E-state index contributed by atoms with van der Waals surface area (Å²) >= 11 is 0. The van der Waals surface area contributed by atoms with E-state index in [1.807, 2.05) is 0 Å². The number of amides is 1. The number of hydrogen-bond donors (Lipinski definition) is 2. The molecule has 0 radical (unpaired) electrons. The summed E-state index contributed by atoms with van der Waals surface area (Å²) in [5, 5.41) is 2.60. The van der Waals surface area contributed by atoms with Crippen LogP contribution in [-0.2, 0) is 11.2 Å². The lowest BCUT2D eigenvalue weighted by Crippen LogP contribution is -2.43. The van der Waals surface area contributed by atoms with Gasteiger partial charge in [-0.25, -0.2) is 4.39 Å². The van der Waals surface area contributed by atoms with Gasteiger partial charge in [0.15, 0.2) is 5.78 Å². The van der Waals surface area contributed by atoms with Gasteiger partial charge in [0.1, 0.15) is 5.82 Å². The summed E-state index contributed by atoms with van der Waals surface area (Å²) in [4.78, 5) is 23.2. The van der Waals surface area contributed by atoms with E-state index in [0.717, 1.165) is 0 Å². The summed E-state index contributed by atoms with van der Waals surface area (Å²) < 4.78 is 13.5. The number of nitrogens with one attached hydrogen (secondary N) is 1. The predicted molar refractivity (Wildman–Crippen MR) is 65.8 cm³/mol. The third-order valence-corrected chi connectivity index (χ3v) is 3.31. The van der Waals surface area contributed by atoms with E-state index in [1.165, 1.54) is 13.0 Å². The second kappa shape index (κ2) is 4.40. The second-order valence-corrected chi connectivity index (χ2v) is 4.58. The molecule has 0 saturated heterocycles. The summed E-state index contributed by atoms with van der Waals surface area (Å²) in [6, 6.07) is 0.615. The molecule has 0 fully saturated rings. The van der Waals surface area contributed by atoms with Crippen LogP contribution in [0.5, 0.6) is 0 Å². The first-order valence-corrected chi connectivity index (χ1v) is 5.80. The zero-order valence-electron chi connectivity index (χ0n) is 10.3. The molecule has 1 amide bonds. The number of benzene rings is 1. The van der Waals surface area contributed by atoms with Crippen molar-refractivity contribution in [2.45, 2.75) is 32.7 Å². The third-order valence-electron chi connectivity index (χ3n) is 3.31. The summed E-state index contributed by atoms with van der Waals surface area (Å²) in [5.74, 6) is -0.877. The Kier molecular flexibility index (Phi) is 3.07. The molecule has 1 aliphatic rings. The minimum absolute atomic E-state index is 0.146. The van der Waals surface area contributed by atoms with Crippen LogP contribution in [0.3, 0.4) is 0 Å². The van der Waals surface area contributed by atoms with E-state index in [1.54, 1.807) is 6.92 Å². The lowest BCUT2D eigenvalue weighted by atomic mass is 9.83. The largest absolute Gasteiger partial charge is 0.398 e. The molecule has 5 heteroatoms. The van der Waals surface area contributed by atoms with Gasteiger partial charge < -0.3 is 11.1 Å². The molecular weight excluding hydrogens is 235 g/mol. The van der Waals surface area contributed by atoms with Crippen molar-refractivity contribution in [2.75, 3.05) is 5.73 Å². The van der Waals surface area contributed by atoms with Gasteiger partial charge in [0, 0.05) is 18.2 Å². The predicted octanol–water partition coefficient (Wildman–Crippen LogP) is 1.35. The van der Waals surface area contributed by atoms with Gasteiger partial charge in [0.05, 0.1) is 6.04 Å². The molecule has 0 aromatic heterocycles. The normalized spacial score (nSPS) is 18.4. The van der Waals surface area contributed by atoms with Gasteiger partial charge in [0.2, 0.25) is 5.91 Å². The molecule has 4 nitrogen and oxygen atoms in total. The molecule has 1 atom stereocenters. The van der Waals surface area contributed by atoms with Gasteiger partial charge in [-0.3, -0.25) is 9.59 Å². The number of anilines is 1. The maximum absolute atomic E-state index is 13.5. The van der Waals surface area contributed by atoms with Crippen LogP contribution in [0.25, 0.3) is 0 Å². The van der Waals surface area contributed by atoms with Gasteiger partial charge in [0.25, 0.3) is 0 Å². The molecular formula is C13H15FN2O2. The maximum atomic E-state index is 13.5. The molecule has 0 aliphatic heterocycles. The van der Waals surface area contributed by atoms with Crippen LogP contribution in [-0.4, -0.2) is 17.7 Å². The fraction of sp³-hybridized carbons (Fsp3) is 0.385. The number of rotatable bonds is 1. The molecule has 0 heterocycles. The molecule has 1 aromatic carbocycles. The number of nitrogens with two attached hydrogens (primary N) is 1. The lowest BCUT2D eigenvalue weighted by Gasteiger charge is -2.26. The highest BCUT2D eigenvalue weighted by Gasteiger charge is 2.31. The van der Waals surface area contributed by atoms with Crippen LogP contribution in [0, 0.1) is 12.7 Å². The minimum Gasteiger partial charge on any atom is -0.398 e. The van der Waals surface area contributed by atoms with Crippen molar-refractivity contribution in [1.82, 2.24) is 5.32 Å². The van der Waals surface area contributed by atoms with E-state index < -0.39 is 11.9 Å². The Morgan fingerprint density at radius 1 is 1.56 bits per heavy atom. The maximum Gasteiger partial charge on any atom is 0.217 e. The SMILES string of the molecule is CC(=O)NC1CCc2c(C)c(F)cc(N)c2C1=O. The Balaban J connectivity index is 2.47. The van der Waals surface area contributed by atoms with Gasteiger partial charge >= 0.3 is 0 Å². The second-order valence-electron chi connectivity index (χ2n) is 4.58. The van der Waals surface area contributed by atoms with Crippen molar-refractivity contribution in [1.29, 1.82) is 0 Å². The number of ketones is 1. The fourth-order valence-corrected chi connectivity index (χ4v) is 2.40. The van der Waals surface area contributed by atoms with E-state index in [2.05, 4.69) is 5.32 Å². The van der Waals surface area contributed by atoms with Crippen LogP contribution in [0.4, 0.5) is 10.1 Å². The quantitative estimate of drug-likeness (QED) is 0.739. The van der Waals surface area contributed by atoms with Crippen molar-refractivity contribution in [2.24, 2.45) is 0 Å². The highest BCUT2D eigenvalue weighted by atomic mass is 19.1. The minimum atomic E-state index is -0.554. The zero-order valence-corrected chi connectivity index (χ0v) is 10.3. The average Bonchev–Trinajstić information content (AvgIpc) is 2.28. The lowest BCUT2D eigenvalue weighted by molar-refractivity contribution is -0.119. The number of carbonyl (C=O) groups is 2. The molecule has 3 N–H and O–H groups in total. The summed E-state index contributed by atoms with van der Waals surface area (Å²) in [5.41, 5.74) is 7.36. The number of Topliss-reactive ketones (excluding diaryl/α,β-unsaturated/α-hetero) is 1. The van der Waals surface area contributed by atoms with Crippen molar-refractivity contribution in [3.63, 3.8) is 0 Å². The van der Waals surface area contributed by atoms with Crippen LogP contribution >= 0.6 is 0 Å². The number of fused-ring (bicyclic) bond motifs is 1. The molecule has 1 aromatic rings. The zero-order chi connectivity index (χ0) is 13.4. The molecule has 96 valence electrons. The number of hydrogen-bond acceptors (Lipinski definition) is 3. The molecule has 0 bridgehead atoms. The van der Waals surface area contributed by atoms with Crippen LogP contribution in [0.2, 0.25) is 0 Å². The highest BCUT2D eigenvalue weighted by molar-refractivity contribution is 6.07. The first kappa shape index (κ1) is 12.5. The molecule has 0 spiro atoms. The number of carbonyl (C=O) groups excluding carboxylic acids is 2. The fourth-order valence-electron chi connectivity index (χ4n) is 2.40. The van der Waals surface area contributed by atoms with Crippen molar-refractivity contribution < 1.29 is 14.0 Å². The number of halogens is 1. The van der Waals surface area contributed by atoms with E-state index in [4.69, 9.17) is 5.73 Å². The van der Waals surface area contributed by atoms with E-state index in [0.29, 0.717) is 29.5 Å². The Bertz CT molecular complexity index is 540. The van der Waals surface area contributed by atoms with Crippen molar-refractivity contribution in [3.05, 3.63) is 28.6 Å². The Morgan fingerprint density at radius 2 is 2.22 bits per heavy atom. The van der Waals surface area contributed by atoms with Crippen molar-refractivity contribution >= 4 is 17.4 Å². The highest BCUT2D eigenvalue weighted by Crippen LogP contribution is 2.30. The first-order chi connectivity index (χ1) is 8.41. The van der Waals surface area contributed by atoms with Crippen LogP contribution < -0.4 is 11.1 Å².